The summed E-state index contributed by atoms with van der Waals surface area (Å²) in [5.74, 6) is -0.225. The van der Waals surface area contributed by atoms with Crippen molar-refractivity contribution in [3.8, 4) is 0 Å². The first-order valence-electron chi connectivity index (χ1n) is 6.54. The second-order valence-electron chi connectivity index (χ2n) is 4.60. The Balaban J connectivity index is 2.45. The summed E-state index contributed by atoms with van der Waals surface area (Å²) in [7, 11) is -3.18. The van der Waals surface area contributed by atoms with Crippen molar-refractivity contribution in [1.29, 1.82) is 0 Å². The predicted octanol–water partition coefficient (Wildman–Crippen LogP) is 1.43. The second-order valence-corrected chi connectivity index (χ2v) is 7.44. The number of nitrogens with two attached hydrogens (primary N) is 1. The number of nitrogens with zero attached hydrogens (tertiary/aromatic N) is 1. The van der Waals surface area contributed by atoms with Crippen LogP contribution in [-0.4, -0.2) is 44.5 Å². The molecular formula is C13H20BrN3O3S. The van der Waals surface area contributed by atoms with Gasteiger partial charge in [0, 0.05) is 35.4 Å². The van der Waals surface area contributed by atoms with Crippen molar-refractivity contribution in [1.82, 2.24) is 9.62 Å². The fourth-order valence-corrected chi connectivity index (χ4v) is 2.98. The summed E-state index contributed by atoms with van der Waals surface area (Å²) in [6, 6.07) is 4.98. The van der Waals surface area contributed by atoms with E-state index in [9.17, 15) is 13.2 Å². The molecule has 0 radical (unpaired) electrons. The van der Waals surface area contributed by atoms with Gasteiger partial charge >= 0.3 is 0 Å². The van der Waals surface area contributed by atoms with Gasteiger partial charge in [-0.2, -0.15) is 0 Å². The fourth-order valence-electron chi connectivity index (χ4n) is 1.80. The quantitative estimate of drug-likeness (QED) is 0.555. The number of halogens is 1. The Morgan fingerprint density at radius 3 is 2.62 bits per heavy atom. The van der Waals surface area contributed by atoms with Crippen molar-refractivity contribution in [3.05, 3.63) is 28.2 Å². The number of carbonyl (C=O) groups excluding carboxylic acids is 1. The number of hydrogen-bond donors (Lipinski definition) is 2. The SMILES string of the molecule is CCN(CCCNC(=O)c1ccc(Br)c(N)c1)S(C)(=O)=O. The van der Waals surface area contributed by atoms with E-state index >= 15 is 0 Å². The van der Waals surface area contributed by atoms with Gasteiger partial charge in [0.2, 0.25) is 10.0 Å². The van der Waals surface area contributed by atoms with Gasteiger partial charge in [-0.25, -0.2) is 12.7 Å². The van der Waals surface area contributed by atoms with Gasteiger partial charge < -0.3 is 11.1 Å². The van der Waals surface area contributed by atoms with Gasteiger partial charge in [0.05, 0.1) is 6.26 Å². The molecule has 8 heteroatoms. The number of rotatable bonds is 7. The summed E-state index contributed by atoms with van der Waals surface area (Å²) < 4.78 is 24.9. The van der Waals surface area contributed by atoms with Crippen molar-refractivity contribution >= 4 is 37.5 Å². The largest absolute Gasteiger partial charge is 0.398 e. The van der Waals surface area contributed by atoms with Gasteiger partial charge in [0.1, 0.15) is 0 Å². The Morgan fingerprint density at radius 1 is 1.43 bits per heavy atom. The van der Waals surface area contributed by atoms with Crippen LogP contribution in [0.2, 0.25) is 0 Å². The molecule has 1 amide bonds. The molecule has 0 unspecified atom stereocenters. The maximum absolute atomic E-state index is 11.9. The topological polar surface area (TPSA) is 92.5 Å². The number of benzene rings is 1. The van der Waals surface area contributed by atoms with Crippen LogP contribution in [0, 0.1) is 0 Å². The molecule has 0 spiro atoms. The zero-order valence-electron chi connectivity index (χ0n) is 12.1. The smallest absolute Gasteiger partial charge is 0.251 e. The molecule has 0 bridgehead atoms. The lowest BCUT2D eigenvalue weighted by Gasteiger charge is -2.17. The normalized spacial score (nSPS) is 11.6. The molecule has 21 heavy (non-hydrogen) atoms. The molecule has 0 aliphatic carbocycles. The van der Waals surface area contributed by atoms with Crippen LogP contribution in [0.15, 0.2) is 22.7 Å². The molecule has 0 saturated heterocycles. The predicted molar refractivity (Wildman–Crippen MR) is 87.6 cm³/mol. The van der Waals surface area contributed by atoms with E-state index in [4.69, 9.17) is 5.73 Å². The van der Waals surface area contributed by atoms with Gasteiger partial charge in [-0.05, 0) is 40.5 Å². The second kappa shape index (κ2) is 7.77. The third-order valence-corrected chi connectivity index (χ3v) is 5.05. The number of anilines is 1. The minimum Gasteiger partial charge on any atom is -0.398 e. The molecule has 1 aromatic carbocycles. The number of hydrogen-bond acceptors (Lipinski definition) is 4. The maximum Gasteiger partial charge on any atom is 0.251 e. The van der Waals surface area contributed by atoms with Gasteiger partial charge in [-0.1, -0.05) is 6.92 Å². The average Bonchev–Trinajstić information content (AvgIpc) is 2.40. The van der Waals surface area contributed by atoms with E-state index in [0.717, 1.165) is 4.47 Å². The summed E-state index contributed by atoms with van der Waals surface area (Å²) in [6.07, 6.45) is 1.73. The fraction of sp³-hybridized carbons (Fsp3) is 0.462. The van der Waals surface area contributed by atoms with E-state index in [-0.39, 0.29) is 5.91 Å². The number of nitrogens with one attached hydrogen (secondary N) is 1. The molecule has 0 fully saturated rings. The average molecular weight is 378 g/mol. The lowest BCUT2D eigenvalue weighted by molar-refractivity contribution is 0.0953. The van der Waals surface area contributed by atoms with Gasteiger partial charge in [0.25, 0.3) is 5.91 Å². The van der Waals surface area contributed by atoms with Crippen LogP contribution in [0.3, 0.4) is 0 Å². The number of sulfonamides is 1. The number of nitrogen functional groups attached to an aromatic ring is 1. The van der Waals surface area contributed by atoms with Crippen LogP contribution in [-0.2, 0) is 10.0 Å². The van der Waals surface area contributed by atoms with Crippen LogP contribution < -0.4 is 11.1 Å². The first-order chi connectivity index (χ1) is 9.75. The molecule has 1 rings (SSSR count). The van der Waals surface area contributed by atoms with E-state index in [0.29, 0.717) is 37.3 Å². The van der Waals surface area contributed by atoms with Crippen LogP contribution in [0.4, 0.5) is 5.69 Å². The van der Waals surface area contributed by atoms with E-state index in [1.54, 1.807) is 25.1 Å². The molecule has 118 valence electrons. The molecular weight excluding hydrogens is 358 g/mol. The molecule has 6 nitrogen and oxygen atoms in total. The van der Waals surface area contributed by atoms with Crippen molar-refractivity contribution < 1.29 is 13.2 Å². The maximum atomic E-state index is 11.9. The summed E-state index contributed by atoms with van der Waals surface area (Å²) in [5, 5.41) is 2.75. The Kier molecular flexibility index (Phi) is 6.63. The van der Waals surface area contributed by atoms with Crippen LogP contribution in [0.5, 0.6) is 0 Å². The van der Waals surface area contributed by atoms with Crippen LogP contribution >= 0.6 is 15.9 Å². The standard InChI is InChI=1S/C13H20BrN3O3S/c1-3-17(21(2,19)20)8-4-7-16-13(18)10-5-6-11(14)12(15)9-10/h5-6,9H,3-4,7-8,15H2,1-2H3,(H,16,18). The monoisotopic (exact) mass is 377 g/mol. The molecule has 0 saturated carbocycles. The lowest BCUT2D eigenvalue weighted by atomic mass is 10.2. The van der Waals surface area contributed by atoms with Gasteiger partial charge in [0.15, 0.2) is 0 Å². The van der Waals surface area contributed by atoms with Gasteiger partial charge in [-0.3, -0.25) is 4.79 Å². The molecule has 0 heterocycles. The highest BCUT2D eigenvalue weighted by molar-refractivity contribution is 9.10. The molecule has 1 aromatic rings. The highest BCUT2D eigenvalue weighted by atomic mass is 79.9. The molecule has 0 atom stereocenters. The van der Waals surface area contributed by atoms with Crippen LogP contribution in [0.25, 0.3) is 0 Å². The summed E-state index contributed by atoms with van der Waals surface area (Å²) in [6.45, 7) is 3.00. The lowest BCUT2D eigenvalue weighted by Crippen LogP contribution is -2.33. The highest BCUT2D eigenvalue weighted by Gasteiger charge is 2.13. The number of carbonyl (C=O) groups is 1. The first kappa shape index (κ1) is 17.9. The summed E-state index contributed by atoms with van der Waals surface area (Å²) in [4.78, 5) is 11.9. The summed E-state index contributed by atoms with van der Waals surface area (Å²) >= 11 is 3.27. The summed E-state index contributed by atoms with van der Waals surface area (Å²) in [5.41, 5.74) is 6.69. The number of amides is 1. The van der Waals surface area contributed by atoms with Crippen molar-refractivity contribution in [2.75, 3.05) is 31.6 Å². The minimum absolute atomic E-state index is 0.225. The van der Waals surface area contributed by atoms with E-state index in [1.165, 1.54) is 10.6 Å². The van der Waals surface area contributed by atoms with E-state index in [2.05, 4.69) is 21.2 Å². The van der Waals surface area contributed by atoms with Crippen molar-refractivity contribution in [3.63, 3.8) is 0 Å². The third kappa shape index (κ3) is 5.64. The van der Waals surface area contributed by atoms with E-state index < -0.39 is 10.0 Å². The first-order valence-corrected chi connectivity index (χ1v) is 9.18. The Hall–Kier alpha value is -1.12. The minimum atomic E-state index is -3.18. The Morgan fingerprint density at radius 2 is 2.10 bits per heavy atom. The zero-order chi connectivity index (χ0) is 16.0. The molecule has 3 N–H and O–H groups in total. The van der Waals surface area contributed by atoms with Crippen LogP contribution in [0.1, 0.15) is 23.7 Å². The Bertz CT molecular complexity index is 605. The van der Waals surface area contributed by atoms with Gasteiger partial charge in [-0.15, -0.1) is 0 Å². The molecule has 0 aromatic heterocycles. The van der Waals surface area contributed by atoms with Crippen molar-refractivity contribution in [2.45, 2.75) is 13.3 Å². The molecule has 0 aliphatic rings. The highest BCUT2D eigenvalue weighted by Crippen LogP contribution is 2.20. The molecule has 0 aliphatic heterocycles. The third-order valence-electron chi connectivity index (χ3n) is 2.95. The van der Waals surface area contributed by atoms with E-state index in [1.807, 2.05) is 0 Å². The van der Waals surface area contributed by atoms with Crippen molar-refractivity contribution in [2.24, 2.45) is 0 Å². The zero-order valence-corrected chi connectivity index (χ0v) is 14.5. The Labute approximate surface area is 133 Å².